The molecule has 0 radical (unpaired) electrons. The molecule has 7 nitrogen and oxygen atoms in total. The van der Waals surface area contributed by atoms with Gasteiger partial charge in [0.1, 0.15) is 12.4 Å². The van der Waals surface area contributed by atoms with Gasteiger partial charge in [0.2, 0.25) is 5.88 Å². The molecule has 0 atom stereocenters. The third-order valence-electron chi connectivity index (χ3n) is 6.46. The van der Waals surface area contributed by atoms with Gasteiger partial charge in [-0.15, -0.1) is 0 Å². The number of hydrogen-bond donors (Lipinski definition) is 1. The summed E-state index contributed by atoms with van der Waals surface area (Å²) in [4.78, 5) is 4.90. The van der Waals surface area contributed by atoms with Crippen molar-refractivity contribution in [1.82, 2.24) is 10.1 Å². The molecule has 0 spiro atoms. The van der Waals surface area contributed by atoms with E-state index in [0.717, 1.165) is 46.3 Å². The maximum absolute atomic E-state index is 13.2. The Labute approximate surface area is 222 Å². The highest BCUT2D eigenvalue weighted by Gasteiger charge is 2.22. The Kier molecular flexibility index (Phi) is 7.15. The number of pyridine rings is 1. The Hall–Kier alpha value is -4.17. The van der Waals surface area contributed by atoms with Crippen LogP contribution >= 0.6 is 0 Å². The molecular weight excluding hydrogens is 498 g/mol. The van der Waals surface area contributed by atoms with E-state index in [0.29, 0.717) is 23.4 Å². The van der Waals surface area contributed by atoms with Crippen LogP contribution in [0.1, 0.15) is 35.9 Å². The number of benzene rings is 3. The van der Waals surface area contributed by atoms with Crippen molar-refractivity contribution in [3.63, 3.8) is 0 Å². The predicted molar refractivity (Wildman–Crippen MR) is 149 cm³/mol. The topological polar surface area (TPSA) is 94.3 Å². The average Bonchev–Trinajstić information content (AvgIpc) is 3.24. The Morgan fingerprint density at radius 3 is 2.42 bits per heavy atom. The second-order valence-corrected chi connectivity index (χ2v) is 10.8. The fraction of sp³-hybridized carbons (Fsp3) is 0.200. The standard InChI is InChI=1S/C30H29N3O4S/c1-4-9-24-18-28(26-11-5-7-12-27(26)31-24)36-19-22-14-16-23(17-15-22)25-10-6-8-13-29(25)38(34,35)33-30-20(2)21(3)32-37-30/h5-8,10-18,33H,4,9,19H2,1-3H3. The lowest BCUT2D eigenvalue weighted by molar-refractivity contribution is 0.309. The molecule has 0 aliphatic carbocycles. The van der Waals surface area contributed by atoms with Crippen LogP contribution < -0.4 is 9.46 Å². The summed E-state index contributed by atoms with van der Waals surface area (Å²) in [5.74, 6) is 0.930. The highest BCUT2D eigenvalue weighted by atomic mass is 32.2. The first kappa shape index (κ1) is 25.5. The number of anilines is 1. The number of para-hydroxylation sites is 1. The van der Waals surface area contributed by atoms with Gasteiger partial charge in [-0.3, -0.25) is 4.98 Å². The molecule has 8 heteroatoms. The molecule has 194 valence electrons. The van der Waals surface area contributed by atoms with Gasteiger partial charge in [-0.1, -0.05) is 73.1 Å². The molecule has 38 heavy (non-hydrogen) atoms. The predicted octanol–water partition coefficient (Wildman–Crippen LogP) is 6.84. The number of aryl methyl sites for hydroxylation is 2. The molecule has 0 fully saturated rings. The van der Waals surface area contributed by atoms with E-state index in [9.17, 15) is 8.42 Å². The molecule has 2 heterocycles. The van der Waals surface area contributed by atoms with Crippen molar-refractivity contribution < 1.29 is 17.7 Å². The van der Waals surface area contributed by atoms with Gasteiger partial charge in [0.05, 0.1) is 16.1 Å². The molecular formula is C30H29N3O4S. The quantitative estimate of drug-likeness (QED) is 0.226. The van der Waals surface area contributed by atoms with Crippen molar-refractivity contribution in [1.29, 1.82) is 0 Å². The molecule has 0 saturated heterocycles. The van der Waals surface area contributed by atoms with Crippen molar-refractivity contribution in [3.05, 3.63) is 101 Å². The van der Waals surface area contributed by atoms with Crippen LogP contribution in [0.3, 0.4) is 0 Å². The van der Waals surface area contributed by atoms with Crippen molar-refractivity contribution in [2.24, 2.45) is 0 Å². The fourth-order valence-electron chi connectivity index (χ4n) is 4.27. The van der Waals surface area contributed by atoms with Crippen molar-refractivity contribution >= 4 is 26.8 Å². The summed E-state index contributed by atoms with van der Waals surface area (Å²) in [6, 6.07) is 24.6. The fourth-order valence-corrected chi connectivity index (χ4v) is 5.55. The smallest absolute Gasteiger partial charge is 0.264 e. The zero-order valence-electron chi connectivity index (χ0n) is 21.6. The highest BCUT2D eigenvalue weighted by Crippen LogP contribution is 2.31. The Balaban J connectivity index is 1.37. The summed E-state index contributed by atoms with van der Waals surface area (Å²) in [5, 5.41) is 4.82. The van der Waals surface area contributed by atoms with E-state index in [1.807, 2.05) is 60.7 Å². The van der Waals surface area contributed by atoms with Gasteiger partial charge >= 0.3 is 0 Å². The van der Waals surface area contributed by atoms with E-state index in [4.69, 9.17) is 14.2 Å². The summed E-state index contributed by atoms with van der Waals surface area (Å²) >= 11 is 0. The number of sulfonamides is 1. The molecule has 3 aromatic carbocycles. The van der Waals surface area contributed by atoms with Gasteiger partial charge in [0, 0.05) is 28.3 Å². The average molecular weight is 528 g/mol. The number of nitrogens with one attached hydrogen (secondary N) is 1. The molecule has 5 rings (SSSR count). The van der Waals surface area contributed by atoms with E-state index in [1.54, 1.807) is 32.0 Å². The SMILES string of the molecule is CCCc1cc(OCc2ccc(-c3ccccc3S(=O)(=O)Nc3onc(C)c3C)cc2)c2ccccc2n1. The maximum Gasteiger partial charge on any atom is 0.264 e. The van der Waals surface area contributed by atoms with Gasteiger partial charge in [-0.25, -0.2) is 13.1 Å². The Bertz CT molecular complexity index is 1690. The Morgan fingerprint density at radius 1 is 0.947 bits per heavy atom. The zero-order valence-corrected chi connectivity index (χ0v) is 22.4. The van der Waals surface area contributed by atoms with Gasteiger partial charge in [-0.2, -0.15) is 0 Å². The number of hydrogen-bond acceptors (Lipinski definition) is 6. The van der Waals surface area contributed by atoms with Gasteiger partial charge < -0.3 is 9.26 Å². The largest absolute Gasteiger partial charge is 0.488 e. The lowest BCUT2D eigenvalue weighted by Crippen LogP contribution is -2.14. The number of ether oxygens (including phenoxy) is 1. The molecule has 0 aliphatic rings. The Morgan fingerprint density at radius 2 is 1.68 bits per heavy atom. The number of nitrogens with zero attached hydrogens (tertiary/aromatic N) is 2. The monoisotopic (exact) mass is 527 g/mol. The van der Waals surface area contributed by atoms with Crippen LogP contribution in [0.5, 0.6) is 5.75 Å². The number of fused-ring (bicyclic) bond motifs is 1. The minimum absolute atomic E-state index is 0.121. The van der Waals surface area contributed by atoms with Crippen molar-refractivity contribution in [2.45, 2.75) is 45.1 Å². The molecule has 5 aromatic rings. The van der Waals surface area contributed by atoms with Gasteiger partial charge in [-0.05, 0) is 49.6 Å². The second kappa shape index (κ2) is 10.7. The van der Waals surface area contributed by atoms with E-state index in [1.165, 1.54) is 0 Å². The van der Waals surface area contributed by atoms with Crippen LogP contribution in [-0.4, -0.2) is 18.6 Å². The lowest BCUT2D eigenvalue weighted by atomic mass is 10.0. The van der Waals surface area contributed by atoms with Crippen molar-refractivity contribution in [3.8, 4) is 16.9 Å². The molecule has 0 bridgehead atoms. The third kappa shape index (κ3) is 5.26. The molecule has 1 N–H and O–H groups in total. The van der Waals surface area contributed by atoms with E-state index < -0.39 is 10.0 Å². The van der Waals surface area contributed by atoms with E-state index >= 15 is 0 Å². The van der Waals surface area contributed by atoms with Crippen LogP contribution in [0, 0.1) is 13.8 Å². The van der Waals surface area contributed by atoms with E-state index in [-0.39, 0.29) is 10.8 Å². The van der Waals surface area contributed by atoms with Crippen LogP contribution in [-0.2, 0) is 23.1 Å². The molecule has 0 aliphatic heterocycles. The summed E-state index contributed by atoms with van der Waals surface area (Å²) in [5.41, 5.74) is 5.56. The van der Waals surface area contributed by atoms with Crippen molar-refractivity contribution in [2.75, 3.05) is 4.72 Å². The normalized spacial score (nSPS) is 11.6. The summed E-state index contributed by atoms with van der Waals surface area (Å²) < 4.78 is 40.4. The number of rotatable bonds is 9. The molecule has 2 aromatic heterocycles. The lowest BCUT2D eigenvalue weighted by Gasteiger charge is -2.13. The minimum atomic E-state index is -3.90. The number of aromatic nitrogens is 2. The molecule has 0 unspecified atom stereocenters. The second-order valence-electron chi connectivity index (χ2n) is 9.19. The first-order valence-electron chi connectivity index (χ1n) is 12.5. The zero-order chi connectivity index (χ0) is 26.7. The summed E-state index contributed by atoms with van der Waals surface area (Å²) in [6.07, 6.45) is 1.90. The minimum Gasteiger partial charge on any atom is -0.488 e. The van der Waals surface area contributed by atoms with Crippen LogP contribution in [0.2, 0.25) is 0 Å². The summed E-state index contributed by atoms with van der Waals surface area (Å²) in [7, 11) is -3.90. The first-order valence-corrected chi connectivity index (χ1v) is 14.0. The third-order valence-corrected chi connectivity index (χ3v) is 7.85. The van der Waals surface area contributed by atoms with Crippen LogP contribution in [0.15, 0.2) is 88.3 Å². The summed E-state index contributed by atoms with van der Waals surface area (Å²) in [6.45, 7) is 6.03. The van der Waals surface area contributed by atoms with Crippen LogP contribution in [0.4, 0.5) is 5.88 Å². The molecule has 0 saturated carbocycles. The first-order chi connectivity index (χ1) is 18.4. The molecule has 0 amide bonds. The maximum atomic E-state index is 13.2. The van der Waals surface area contributed by atoms with Gasteiger partial charge in [0.15, 0.2) is 0 Å². The highest BCUT2D eigenvalue weighted by molar-refractivity contribution is 7.92. The van der Waals surface area contributed by atoms with E-state index in [2.05, 4.69) is 16.8 Å². The van der Waals surface area contributed by atoms with Crippen LogP contribution in [0.25, 0.3) is 22.0 Å². The van der Waals surface area contributed by atoms with Gasteiger partial charge in [0.25, 0.3) is 10.0 Å².